The number of sulfonamides is 1. The van der Waals surface area contributed by atoms with Crippen LogP contribution >= 0.6 is 11.8 Å². The van der Waals surface area contributed by atoms with E-state index in [9.17, 15) is 13.2 Å². The third-order valence-corrected chi connectivity index (χ3v) is 8.44. The van der Waals surface area contributed by atoms with E-state index in [4.69, 9.17) is 0 Å². The third-order valence-electron chi connectivity index (χ3n) is 5.40. The maximum absolute atomic E-state index is 12.9. The molecule has 0 saturated carbocycles. The largest absolute Gasteiger partial charge is 0.339 e. The van der Waals surface area contributed by atoms with Crippen LogP contribution in [-0.4, -0.2) is 55.5 Å². The highest BCUT2D eigenvalue weighted by Crippen LogP contribution is 2.25. The maximum Gasteiger partial charge on any atom is 0.243 e. The predicted molar refractivity (Wildman–Crippen MR) is 118 cm³/mol. The normalized spacial score (nSPS) is 15.5. The summed E-state index contributed by atoms with van der Waals surface area (Å²) in [5, 5.41) is 0. The van der Waals surface area contributed by atoms with Gasteiger partial charge >= 0.3 is 0 Å². The molecular weight excluding hydrogens is 404 g/mol. The number of amides is 1. The van der Waals surface area contributed by atoms with Crippen LogP contribution in [0, 0.1) is 27.7 Å². The highest BCUT2D eigenvalue weighted by atomic mass is 32.2. The van der Waals surface area contributed by atoms with Crippen LogP contribution in [0.4, 0.5) is 0 Å². The second-order valence-corrected chi connectivity index (χ2v) is 10.5. The molecule has 29 heavy (non-hydrogen) atoms. The van der Waals surface area contributed by atoms with E-state index >= 15 is 0 Å². The molecule has 1 amide bonds. The maximum atomic E-state index is 12.9. The molecule has 156 valence electrons. The van der Waals surface area contributed by atoms with Gasteiger partial charge in [-0.15, -0.1) is 11.8 Å². The quantitative estimate of drug-likeness (QED) is 0.678. The molecule has 5 nitrogen and oxygen atoms in total. The third kappa shape index (κ3) is 5.02. The zero-order valence-corrected chi connectivity index (χ0v) is 19.1. The summed E-state index contributed by atoms with van der Waals surface area (Å²) in [6, 6.07) is 11.5. The Morgan fingerprint density at radius 3 is 2.21 bits per heavy atom. The second-order valence-electron chi connectivity index (χ2n) is 7.59. The molecule has 1 saturated heterocycles. The monoisotopic (exact) mass is 432 g/mol. The van der Waals surface area contributed by atoms with Gasteiger partial charge in [0.15, 0.2) is 0 Å². The Morgan fingerprint density at radius 1 is 0.897 bits per heavy atom. The molecular formula is C22H28N2O3S2. The molecule has 2 aromatic carbocycles. The van der Waals surface area contributed by atoms with E-state index < -0.39 is 10.0 Å². The van der Waals surface area contributed by atoms with Gasteiger partial charge in [0.05, 0.1) is 10.6 Å². The molecule has 0 bridgehead atoms. The van der Waals surface area contributed by atoms with Crippen LogP contribution < -0.4 is 0 Å². The lowest BCUT2D eigenvalue weighted by molar-refractivity contribution is -0.129. The number of hydrogen-bond donors (Lipinski definition) is 0. The second kappa shape index (κ2) is 8.90. The van der Waals surface area contributed by atoms with E-state index in [2.05, 4.69) is 18.2 Å². The van der Waals surface area contributed by atoms with Gasteiger partial charge in [0.2, 0.25) is 15.9 Å². The topological polar surface area (TPSA) is 57.7 Å². The molecule has 0 spiro atoms. The molecule has 1 aliphatic heterocycles. The molecule has 7 heteroatoms. The minimum Gasteiger partial charge on any atom is -0.339 e. The van der Waals surface area contributed by atoms with Crippen LogP contribution in [0.3, 0.4) is 0 Å². The standard InChI is InChI=1S/C22H28N2O3S2/c1-16-5-6-18(3)21(13-16)28-15-22(25)23-9-11-24(12-10-23)29(26,27)20-8-7-17(2)19(4)14-20/h5-8,13-14H,9-12,15H2,1-4H3. The summed E-state index contributed by atoms with van der Waals surface area (Å²) in [5.41, 5.74) is 4.37. The smallest absolute Gasteiger partial charge is 0.243 e. The number of nitrogens with zero attached hydrogens (tertiary/aromatic N) is 2. The van der Waals surface area contributed by atoms with E-state index in [1.807, 2.05) is 33.8 Å². The summed E-state index contributed by atoms with van der Waals surface area (Å²) < 4.78 is 27.3. The number of thioether (sulfide) groups is 1. The van der Waals surface area contributed by atoms with Crippen molar-refractivity contribution in [1.29, 1.82) is 0 Å². The fraction of sp³-hybridized carbons (Fsp3) is 0.409. The van der Waals surface area contributed by atoms with Crippen molar-refractivity contribution < 1.29 is 13.2 Å². The molecule has 0 N–H and O–H groups in total. The Balaban J connectivity index is 1.58. The van der Waals surface area contributed by atoms with Crippen molar-refractivity contribution >= 4 is 27.7 Å². The summed E-state index contributed by atoms with van der Waals surface area (Å²) in [6.45, 7) is 9.48. The van der Waals surface area contributed by atoms with Gasteiger partial charge in [-0.2, -0.15) is 4.31 Å². The minimum absolute atomic E-state index is 0.0548. The number of carbonyl (C=O) groups is 1. The van der Waals surface area contributed by atoms with E-state index in [0.717, 1.165) is 21.6 Å². The molecule has 0 atom stereocenters. The van der Waals surface area contributed by atoms with Crippen LogP contribution in [0.15, 0.2) is 46.2 Å². The van der Waals surface area contributed by atoms with Crippen molar-refractivity contribution in [3.63, 3.8) is 0 Å². The van der Waals surface area contributed by atoms with Crippen LogP contribution in [0.2, 0.25) is 0 Å². The van der Waals surface area contributed by atoms with Crippen molar-refractivity contribution in [3.05, 3.63) is 58.7 Å². The molecule has 0 unspecified atom stereocenters. The van der Waals surface area contributed by atoms with Gasteiger partial charge in [-0.1, -0.05) is 23.8 Å². The molecule has 1 fully saturated rings. The zero-order valence-electron chi connectivity index (χ0n) is 17.4. The van der Waals surface area contributed by atoms with Gasteiger partial charge in [0, 0.05) is 31.1 Å². The number of benzene rings is 2. The molecule has 2 aromatic rings. The first-order valence-electron chi connectivity index (χ1n) is 9.74. The van der Waals surface area contributed by atoms with E-state index in [-0.39, 0.29) is 5.91 Å². The lowest BCUT2D eigenvalue weighted by atomic mass is 10.1. The molecule has 3 rings (SSSR count). The van der Waals surface area contributed by atoms with Gasteiger partial charge in [-0.25, -0.2) is 8.42 Å². The number of hydrogen-bond acceptors (Lipinski definition) is 4. The zero-order chi connectivity index (χ0) is 21.2. The first-order chi connectivity index (χ1) is 13.7. The Bertz CT molecular complexity index is 1010. The number of aryl methyl sites for hydroxylation is 4. The first kappa shape index (κ1) is 21.9. The number of rotatable bonds is 5. The minimum atomic E-state index is -3.53. The van der Waals surface area contributed by atoms with Crippen LogP contribution in [-0.2, 0) is 14.8 Å². The fourth-order valence-corrected chi connectivity index (χ4v) is 5.83. The highest BCUT2D eigenvalue weighted by Gasteiger charge is 2.30. The molecule has 0 aliphatic carbocycles. The molecule has 1 heterocycles. The van der Waals surface area contributed by atoms with E-state index in [1.165, 1.54) is 9.87 Å². The Hall–Kier alpha value is -1.83. The summed E-state index contributed by atoms with van der Waals surface area (Å²) in [6.07, 6.45) is 0. The lowest BCUT2D eigenvalue weighted by Gasteiger charge is -2.34. The van der Waals surface area contributed by atoms with Gasteiger partial charge < -0.3 is 4.90 Å². The average molecular weight is 433 g/mol. The first-order valence-corrected chi connectivity index (χ1v) is 12.2. The summed E-state index contributed by atoms with van der Waals surface area (Å²) in [7, 11) is -3.53. The van der Waals surface area contributed by atoms with Crippen LogP contribution in [0.1, 0.15) is 22.3 Å². The SMILES string of the molecule is Cc1ccc(C)c(SCC(=O)N2CCN(S(=O)(=O)c3ccc(C)c(C)c3)CC2)c1. The summed E-state index contributed by atoms with van der Waals surface area (Å²) in [5.74, 6) is 0.424. The Morgan fingerprint density at radius 2 is 1.55 bits per heavy atom. The molecule has 1 aliphatic rings. The van der Waals surface area contributed by atoms with Crippen molar-refractivity contribution in [3.8, 4) is 0 Å². The van der Waals surface area contributed by atoms with Crippen LogP contribution in [0.25, 0.3) is 0 Å². The predicted octanol–water partition coefficient (Wildman–Crippen LogP) is 3.55. The van der Waals surface area contributed by atoms with E-state index in [1.54, 1.807) is 28.8 Å². The Labute approximate surface area is 178 Å². The van der Waals surface area contributed by atoms with Gasteiger partial charge in [0.1, 0.15) is 0 Å². The fourth-order valence-electron chi connectivity index (χ4n) is 3.29. The van der Waals surface area contributed by atoms with Gasteiger partial charge in [-0.3, -0.25) is 4.79 Å². The van der Waals surface area contributed by atoms with Crippen molar-refractivity contribution in [1.82, 2.24) is 9.21 Å². The number of piperazine rings is 1. The van der Waals surface area contributed by atoms with Crippen LogP contribution in [0.5, 0.6) is 0 Å². The van der Waals surface area contributed by atoms with E-state index in [0.29, 0.717) is 36.8 Å². The molecule has 0 aromatic heterocycles. The van der Waals surface area contributed by atoms with Crippen molar-refractivity contribution in [2.45, 2.75) is 37.5 Å². The van der Waals surface area contributed by atoms with Gasteiger partial charge in [-0.05, 0) is 62.6 Å². The van der Waals surface area contributed by atoms with Gasteiger partial charge in [0.25, 0.3) is 0 Å². The molecule has 0 radical (unpaired) electrons. The summed E-state index contributed by atoms with van der Waals surface area (Å²) >= 11 is 1.55. The number of carbonyl (C=O) groups excluding carboxylic acids is 1. The lowest BCUT2D eigenvalue weighted by Crippen LogP contribution is -2.50. The van der Waals surface area contributed by atoms with Crippen molar-refractivity contribution in [2.75, 3.05) is 31.9 Å². The summed E-state index contributed by atoms with van der Waals surface area (Å²) in [4.78, 5) is 15.8. The Kier molecular flexibility index (Phi) is 6.71. The highest BCUT2D eigenvalue weighted by molar-refractivity contribution is 8.00. The van der Waals surface area contributed by atoms with Crippen molar-refractivity contribution in [2.24, 2.45) is 0 Å². The average Bonchev–Trinajstić information content (AvgIpc) is 2.70.